The first-order chi connectivity index (χ1) is 6.18. The molecule has 0 atom stereocenters. The Morgan fingerprint density at radius 2 is 2.23 bits per heavy atom. The molecule has 3 nitrogen and oxygen atoms in total. The molecule has 0 amide bonds. The van der Waals surface area contributed by atoms with Gasteiger partial charge in [0.05, 0.1) is 6.61 Å². The number of rotatable bonds is 1. The Hall–Kier alpha value is -0.995. The van der Waals surface area contributed by atoms with Crippen molar-refractivity contribution in [2.45, 2.75) is 6.61 Å². The van der Waals surface area contributed by atoms with Crippen LogP contribution in [0.3, 0.4) is 0 Å². The van der Waals surface area contributed by atoms with Gasteiger partial charge in [-0.25, -0.2) is 0 Å². The van der Waals surface area contributed by atoms with Crippen molar-refractivity contribution in [3.63, 3.8) is 0 Å². The molecule has 13 heavy (non-hydrogen) atoms. The van der Waals surface area contributed by atoms with E-state index in [-0.39, 0.29) is 0 Å². The summed E-state index contributed by atoms with van der Waals surface area (Å²) < 4.78 is 5.10. The maximum Gasteiger partial charge on any atom is 0.491 e. The van der Waals surface area contributed by atoms with Crippen LogP contribution >= 0.6 is 0 Å². The summed E-state index contributed by atoms with van der Waals surface area (Å²) in [6.45, 7) is 0.518. The highest BCUT2D eigenvalue weighted by atomic mass is 16.5. The molecule has 1 aromatic carbocycles. The highest BCUT2D eigenvalue weighted by Crippen LogP contribution is 2.15. The number of hydrogen-bond donors (Lipinski definition) is 1. The SMILES string of the molecule is CN(C)c1ccc2c(c1)B(O)OC2. The van der Waals surface area contributed by atoms with Crippen LogP contribution < -0.4 is 10.4 Å². The lowest BCUT2D eigenvalue weighted by molar-refractivity contribution is 0.275. The molecular weight excluding hydrogens is 165 g/mol. The topological polar surface area (TPSA) is 32.7 Å². The van der Waals surface area contributed by atoms with Crippen LogP contribution in [0.2, 0.25) is 0 Å². The van der Waals surface area contributed by atoms with Crippen molar-refractivity contribution in [3.8, 4) is 0 Å². The summed E-state index contributed by atoms with van der Waals surface area (Å²) in [5.41, 5.74) is 3.06. The number of benzene rings is 1. The molecule has 0 unspecified atom stereocenters. The van der Waals surface area contributed by atoms with Crippen LogP contribution in [-0.2, 0) is 11.3 Å². The van der Waals surface area contributed by atoms with Crippen molar-refractivity contribution < 1.29 is 9.68 Å². The Labute approximate surface area is 78.1 Å². The fourth-order valence-corrected chi connectivity index (χ4v) is 1.48. The van der Waals surface area contributed by atoms with Crippen LogP contribution in [0.15, 0.2) is 18.2 Å². The second-order valence-electron chi connectivity index (χ2n) is 3.44. The largest absolute Gasteiger partial charge is 0.491 e. The first-order valence-corrected chi connectivity index (χ1v) is 4.28. The molecule has 1 heterocycles. The number of nitrogens with zero attached hydrogens (tertiary/aromatic N) is 1. The first-order valence-electron chi connectivity index (χ1n) is 4.28. The van der Waals surface area contributed by atoms with Crippen LogP contribution in [0, 0.1) is 0 Å². The van der Waals surface area contributed by atoms with E-state index >= 15 is 0 Å². The van der Waals surface area contributed by atoms with E-state index in [1.54, 1.807) is 0 Å². The monoisotopic (exact) mass is 177 g/mol. The fraction of sp³-hybridized carbons (Fsp3) is 0.333. The summed E-state index contributed by atoms with van der Waals surface area (Å²) in [6, 6.07) is 5.99. The van der Waals surface area contributed by atoms with Gasteiger partial charge in [-0.2, -0.15) is 0 Å². The molecule has 0 radical (unpaired) electrons. The van der Waals surface area contributed by atoms with Crippen molar-refractivity contribution in [3.05, 3.63) is 23.8 Å². The molecule has 0 bridgehead atoms. The predicted molar refractivity (Wildman–Crippen MR) is 53.2 cm³/mol. The average Bonchev–Trinajstić information content (AvgIpc) is 2.47. The molecule has 4 heteroatoms. The van der Waals surface area contributed by atoms with E-state index in [1.807, 2.05) is 37.2 Å². The molecule has 1 aliphatic heterocycles. The summed E-state index contributed by atoms with van der Waals surface area (Å²) in [6.07, 6.45) is 0. The quantitative estimate of drug-likeness (QED) is 0.611. The molecule has 1 aliphatic rings. The van der Waals surface area contributed by atoms with Crippen LogP contribution in [0.4, 0.5) is 5.69 Å². The number of hydrogen-bond acceptors (Lipinski definition) is 3. The van der Waals surface area contributed by atoms with E-state index in [9.17, 15) is 5.02 Å². The molecule has 0 aromatic heterocycles. The van der Waals surface area contributed by atoms with E-state index in [4.69, 9.17) is 4.65 Å². The Kier molecular flexibility index (Phi) is 2.02. The normalized spacial score (nSPS) is 14.5. The minimum atomic E-state index is -0.741. The Morgan fingerprint density at radius 1 is 1.46 bits per heavy atom. The summed E-state index contributed by atoms with van der Waals surface area (Å²) in [5.74, 6) is 0. The van der Waals surface area contributed by atoms with Gasteiger partial charge in [-0.3, -0.25) is 0 Å². The lowest BCUT2D eigenvalue weighted by Crippen LogP contribution is -2.28. The third kappa shape index (κ3) is 1.43. The zero-order chi connectivity index (χ0) is 9.42. The number of anilines is 1. The van der Waals surface area contributed by atoms with Crippen molar-refractivity contribution in [2.75, 3.05) is 19.0 Å². The minimum absolute atomic E-state index is 0.518. The summed E-state index contributed by atoms with van der Waals surface area (Å²) >= 11 is 0. The van der Waals surface area contributed by atoms with Gasteiger partial charge >= 0.3 is 7.12 Å². The fourth-order valence-electron chi connectivity index (χ4n) is 1.48. The predicted octanol–water partition coefficient (Wildman–Crippen LogP) is -0.0297. The summed E-state index contributed by atoms with van der Waals surface area (Å²) in [7, 11) is 3.21. The molecule has 0 aliphatic carbocycles. The van der Waals surface area contributed by atoms with Gasteiger partial charge < -0.3 is 14.6 Å². The van der Waals surface area contributed by atoms with Crippen LogP contribution in [0.5, 0.6) is 0 Å². The van der Waals surface area contributed by atoms with E-state index in [0.29, 0.717) is 6.61 Å². The van der Waals surface area contributed by atoms with Gasteiger partial charge in [-0.05, 0) is 23.2 Å². The van der Waals surface area contributed by atoms with Gasteiger partial charge in [0.25, 0.3) is 0 Å². The molecule has 1 N–H and O–H groups in total. The van der Waals surface area contributed by atoms with Crippen molar-refractivity contribution in [1.29, 1.82) is 0 Å². The van der Waals surface area contributed by atoms with Crippen LogP contribution in [0.25, 0.3) is 0 Å². The van der Waals surface area contributed by atoms with Gasteiger partial charge in [0.1, 0.15) is 0 Å². The second-order valence-corrected chi connectivity index (χ2v) is 3.44. The summed E-state index contributed by atoms with van der Waals surface area (Å²) in [5, 5.41) is 9.45. The Balaban J connectivity index is 2.42. The highest BCUT2D eigenvalue weighted by Gasteiger charge is 2.27. The smallest absolute Gasteiger partial charge is 0.423 e. The molecule has 68 valence electrons. The van der Waals surface area contributed by atoms with Gasteiger partial charge in [-0.1, -0.05) is 6.07 Å². The molecule has 0 saturated carbocycles. The average molecular weight is 177 g/mol. The van der Waals surface area contributed by atoms with Gasteiger partial charge in [0.15, 0.2) is 0 Å². The van der Waals surface area contributed by atoms with E-state index in [0.717, 1.165) is 16.7 Å². The molecule has 0 saturated heterocycles. The standard InChI is InChI=1S/C9H12BNO2/c1-11(2)8-4-3-7-6-13-10(12)9(7)5-8/h3-5,12H,6H2,1-2H3. The Bertz CT molecular complexity index is 327. The van der Waals surface area contributed by atoms with Crippen LogP contribution in [-0.4, -0.2) is 26.2 Å². The van der Waals surface area contributed by atoms with E-state index in [2.05, 4.69) is 0 Å². The first kappa shape index (κ1) is 8.60. The molecule has 1 aromatic rings. The molecular formula is C9H12BNO2. The van der Waals surface area contributed by atoms with E-state index < -0.39 is 7.12 Å². The summed E-state index contributed by atoms with van der Waals surface area (Å²) in [4.78, 5) is 2.01. The highest BCUT2D eigenvalue weighted by molar-refractivity contribution is 6.61. The minimum Gasteiger partial charge on any atom is -0.423 e. The molecule has 0 spiro atoms. The third-order valence-corrected chi connectivity index (χ3v) is 2.31. The lowest BCUT2D eigenvalue weighted by atomic mass is 9.79. The van der Waals surface area contributed by atoms with Gasteiger partial charge in [0.2, 0.25) is 0 Å². The zero-order valence-corrected chi connectivity index (χ0v) is 7.82. The third-order valence-electron chi connectivity index (χ3n) is 2.31. The lowest BCUT2D eigenvalue weighted by Gasteiger charge is -2.13. The Morgan fingerprint density at radius 3 is 2.92 bits per heavy atom. The zero-order valence-electron chi connectivity index (χ0n) is 7.82. The van der Waals surface area contributed by atoms with Gasteiger partial charge in [0, 0.05) is 19.8 Å². The maximum atomic E-state index is 9.45. The van der Waals surface area contributed by atoms with Crippen molar-refractivity contribution in [2.24, 2.45) is 0 Å². The maximum absolute atomic E-state index is 9.45. The van der Waals surface area contributed by atoms with Gasteiger partial charge in [-0.15, -0.1) is 0 Å². The molecule has 0 fully saturated rings. The van der Waals surface area contributed by atoms with Crippen molar-refractivity contribution in [1.82, 2.24) is 0 Å². The van der Waals surface area contributed by atoms with E-state index in [1.165, 1.54) is 0 Å². The van der Waals surface area contributed by atoms with Crippen LogP contribution in [0.1, 0.15) is 5.56 Å². The van der Waals surface area contributed by atoms with Crippen molar-refractivity contribution >= 4 is 18.3 Å². The number of fused-ring (bicyclic) bond motifs is 1. The molecule has 2 rings (SSSR count). The second kappa shape index (κ2) is 3.05.